The summed E-state index contributed by atoms with van der Waals surface area (Å²) in [5, 5.41) is 12.4. The van der Waals surface area contributed by atoms with Crippen LogP contribution in [0.15, 0.2) is 46.2 Å². The van der Waals surface area contributed by atoms with E-state index >= 15 is 0 Å². The Morgan fingerprint density at radius 2 is 2.05 bits per heavy atom. The molecule has 0 fully saturated rings. The number of thiophene rings is 1. The van der Waals surface area contributed by atoms with Crippen LogP contribution in [0.5, 0.6) is 0 Å². The largest absolute Gasteiger partial charge is 0.419 e. The van der Waals surface area contributed by atoms with E-state index < -0.39 is 0 Å². The van der Waals surface area contributed by atoms with Crippen LogP contribution in [0, 0.1) is 5.82 Å². The van der Waals surface area contributed by atoms with Crippen molar-refractivity contribution in [3.8, 4) is 10.8 Å². The zero-order valence-corrected chi connectivity index (χ0v) is 12.3. The van der Waals surface area contributed by atoms with Gasteiger partial charge in [0.25, 0.3) is 5.89 Å². The van der Waals surface area contributed by atoms with Crippen LogP contribution in [0.1, 0.15) is 11.5 Å². The first kappa shape index (κ1) is 14.4. The van der Waals surface area contributed by atoms with E-state index in [4.69, 9.17) is 4.42 Å². The van der Waals surface area contributed by atoms with E-state index in [0.29, 0.717) is 12.4 Å². The average molecular weight is 317 g/mol. The van der Waals surface area contributed by atoms with Crippen LogP contribution in [-0.2, 0) is 17.8 Å². The number of benzene rings is 1. The minimum absolute atomic E-state index is 0.0135. The fourth-order valence-corrected chi connectivity index (χ4v) is 2.47. The van der Waals surface area contributed by atoms with Gasteiger partial charge < -0.3 is 9.73 Å². The lowest BCUT2D eigenvalue weighted by atomic mass is 10.2. The molecule has 0 aliphatic carbocycles. The Hall–Kier alpha value is -2.54. The molecule has 0 spiro atoms. The number of hydrogen-bond donors (Lipinski definition) is 1. The number of nitrogens with one attached hydrogen (secondary N) is 1. The van der Waals surface area contributed by atoms with Gasteiger partial charge in [-0.05, 0) is 29.1 Å². The molecule has 0 aliphatic heterocycles. The number of nitrogens with zero attached hydrogens (tertiary/aromatic N) is 2. The van der Waals surface area contributed by atoms with E-state index in [-0.39, 0.29) is 24.0 Å². The van der Waals surface area contributed by atoms with Gasteiger partial charge in [0.1, 0.15) is 12.2 Å². The quantitative estimate of drug-likeness (QED) is 0.785. The predicted molar refractivity (Wildman–Crippen MR) is 79.6 cm³/mol. The normalized spacial score (nSPS) is 10.6. The number of aromatic nitrogens is 2. The van der Waals surface area contributed by atoms with Crippen LogP contribution in [0.4, 0.5) is 4.39 Å². The van der Waals surface area contributed by atoms with Gasteiger partial charge in [0.2, 0.25) is 11.8 Å². The first-order chi connectivity index (χ1) is 10.7. The molecule has 0 bridgehead atoms. The Balaban J connectivity index is 1.54. The van der Waals surface area contributed by atoms with Crippen LogP contribution in [0.3, 0.4) is 0 Å². The van der Waals surface area contributed by atoms with Crippen LogP contribution in [-0.4, -0.2) is 16.1 Å². The molecule has 0 saturated heterocycles. The summed E-state index contributed by atoms with van der Waals surface area (Å²) < 4.78 is 18.2. The van der Waals surface area contributed by atoms with Crippen molar-refractivity contribution in [3.63, 3.8) is 0 Å². The third kappa shape index (κ3) is 3.56. The molecule has 7 heteroatoms. The molecule has 112 valence electrons. The standard InChI is InChI=1S/C15H12FN3O2S/c16-11-5-3-10(4-6-11)9-17-13(20)8-14-18-19-15(21-14)12-2-1-7-22-12/h1-7H,8-9H2,(H,17,20). The minimum Gasteiger partial charge on any atom is -0.419 e. The van der Waals surface area contributed by atoms with Crippen molar-refractivity contribution in [2.75, 3.05) is 0 Å². The third-order valence-electron chi connectivity index (χ3n) is 2.91. The van der Waals surface area contributed by atoms with Gasteiger partial charge in [0.05, 0.1) is 4.88 Å². The molecule has 0 radical (unpaired) electrons. The first-order valence-corrected chi connectivity index (χ1v) is 7.46. The van der Waals surface area contributed by atoms with Crippen molar-refractivity contribution in [1.82, 2.24) is 15.5 Å². The summed E-state index contributed by atoms with van der Waals surface area (Å²) in [5.74, 6) is 0.143. The maximum Gasteiger partial charge on any atom is 0.257 e. The summed E-state index contributed by atoms with van der Waals surface area (Å²) in [5.41, 5.74) is 0.819. The smallest absolute Gasteiger partial charge is 0.257 e. The highest BCUT2D eigenvalue weighted by molar-refractivity contribution is 7.13. The molecule has 0 unspecified atom stereocenters. The zero-order chi connectivity index (χ0) is 15.4. The second-order valence-corrected chi connectivity index (χ2v) is 5.51. The van der Waals surface area contributed by atoms with Gasteiger partial charge >= 0.3 is 0 Å². The van der Waals surface area contributed by atoms with Crippen LogP contribution in [0.2, 0.25) is 0 Å². The summed E-state index contributed by atoms with van der Waals surface area (Å²) in [4.78, 5) is 12.7. The van der Waals surface area contributed by atoms with Crippen LogP contribution in [0.25, 0.3) is 10.8 Å². The monoisotopic (exact) mass is 317 g/mol. The molecule has 1 aromatic carbocycles. The predicted octanol–water partition coefficient (Wildman–Crippen LogP) is 2.80. The maximum absolute atomic E-state index is 12.8. The highest BCUT2D eigenvalue weighted by atomic mass is 32.1. The lowest BCUT2D eigenvalue weighted by Crippen LogP contribution is -2.24. The van der Waals surface area contributed by atoms with E-state index in [1.807, 2.05) is 17.5 Å². The van der Waals surface area contributed by atoms with Crippen LogP contribution < -0.4 is 5.32 Å². The summed E-state index contributed by atoms with van der Waals surface area (Å²) in [6, 6.07) is 9.71. The summed E-state index contributed by atoms with van der Waals surface area (Å²) >= 11 is 1.49. The summed E-state index contributed by atoms with van der Waals surface area (Å²) in [6.07, 6.45) is 0.0135. The number of rotatable bonds is 5. The Kier molecular flexibility index (Phi) is 4.24. The fourth-order valence-electron chi connectivity index (χ4n) is 1.83. The molecule has 0 aliphatic rings. The average Bonchev–Trinajstić information content (AvgIpc) is 3.17. The van der Waals surface area contributed by atoms with Gasteiger partial charge in [-0.3, -0.25) is 4.79 Å². The Labute approximate surface area is 129 Å². The van der Waals surface area contributed by atoms with Gasteiger partial charge in [0.15, 0.2) is 0 Å². The molecule has 1 N–H and O–H groups in total. The van der Waals surface area contributed by atoms with E-state index in [0.717, 1.165) is 10.4 Å². The SMILES string of the molecule is O=C(Cc1nnc(-c2cccs2)o1)NCc1ccc(F)cc1. The van der Waals surface area contributed by atoms with Crippen molar-refractivity contribution in [1.29, 1.82) is 0 Å². The molecule has 1 amide bonds. The van der Waals surface area contributed by atoms with E-state index in [1.54, 1.807) is 12.1 Å². The van der Waals surface area contributed by atoms with Crippen molar-refractivity contribution in [2.45, 2.75) is 13.0 Å². The highest BCUT2D eigenvalue weighted by Crippen LogP contribution is 2.22. The van der Waals surface area contributed by atoms with Gasteiger partial charge in [0, 0.05) is 6.54 Å². The topological polar surface area (TPSA) is 68.0 Å². The second kappa shape index (κ2) is 6.48. The van der Waals surface area contributed by atoms with Gasteiger partial charge in [-0.25, -0.2) is 4.39 Å². The van der Waals surface area contributed by atoms with Gasteiger partial charge in [-0.2, -0.15) is 0 Å². The Morgan fingerprint density at radius 1 is 1.23 bits per heavy atom. The van der Waals surface area contributed by atoms with E-state index in [9.17, 15) is 9.18 Å². The molecule has 0 atom stereocenters. The lowest BCUT2D eigenvalue weighted by molar-refractivity contribution is -0.120. The van der Waals surface area contributed by atoms with Crippen molar-refractivity contribution in [2.24, 2.45) is 0 Å². The second-order valence-electron chi connectivity index (χ2n) is 4.56. The lowest BCUT2D eigenvalue weighted by Gasteiger charge is -2.03. The molecular weight excluding hydrogens is 305 g/mol. The number of carbonyl (C=O) groups is 1. The Morgan fingerprint density at radius 3 is 2.77 bits per heavy atom. The van der Waals surface area contributed by atoms with Crippen LogP contribution >= 0.6 is 11.3 Å². The summed E-state index contributed by atoms with van der Waals surface area (Å²) in [7, 11) is 0. The first-order valence-electron chi connectivity index (χ1n) is 6.58. The third-order valence-corrected chi connectivity index (χ3v) is 3.77. The van der Waals surface area contributed by atoms with Crippen molar-refractivity contribution >= 4 is 17.2 Å². The number of hydrogen-bond acceptors (Lipinski definition) is 5. The van der Waals surface area contributed by atoms with E-state index in [1.165, 1.54) is 23.5 Å². The van der Waals surface area contributed by atoms with Gasteiger partial charge in [-0.15, -0.1) is 21.5 Å². The molecule has 3 rings (SSSR count). The number of amides is 1. The summed E-state index contributed by atoms with van der Waals surface area (Å²) in [6.45, 7) is 0.324. The molecule has 22 heavy (non-hydrogen) atoms. The maximum atomic E-state index is 12.8. The fraction of sp³-hybridized carbons (Fsp3) is 0.133. The molecule has 3 aromatic rings. The van der Waals surface area contributed by atoms with Gasteiger partial charge in [-0.1, -0.05) is 18.2 Å². The molecule has 2 heterocycles. The molecule has 0 saturated carbocycles. The zero-order valence-electron chi connectivity index (χ0n) is 11.5. The highest BCUT2D eigenvalue weighted by Gasteiger charge is 2.12. The number of carbonyl (C=O) groups excluding carboxylic acids is 1. The minimum atomic E-state index is -0.304. The molecular formula is C15H12FN3O2S. The van der Waals surface area contributed by atoms with E-state index in [2.05, 4.69) is 15.5 Å². The molecule has 5 nitrogen and oxygen atoms in total. The van der Waals surface area contributed by atoms with Crippen molar-refractivity contribution < 1.29 is 13.6 Å². The van der Waals surface area contributed by atoms with Crippen molar-refractivity contribution in [3.05, 3.63) is 59.0 Å². The molecule has 2 aromatic heterocycles. The Bertz CT molecular complexity index is 753. The number of halogens is 1.